The molecular formula is C70H135NO5. The van der Waals surface area contributed by atoms with Crippen LogP contribution in [0.4, 0.5) is 0 Å². The molecule has 0 aromatic carbocycles. The van der Waals surface area contributed by atoms with Crippen LogP contribution in [0.15, 0.2) is 24.3 Å². The molecule has 0 aromatic heterocycles. The maximum absolute atomic E-state index is 12.5. The Kier molecular flexibility index (Phi) is 64.4. The van der Waals surface area contributed by atoms with Gasteiger partial charge in [-0.2, -0.15) is 0 Å². The number of hydrogen-bond donors (Lipinski definition) is 3. The van der Waals surface area contributed by atoms with E-state index in [1.165, 1.54) is 302 Å². The number of carbonyl (C=O) groups is 2. The van der Waals surface area contributed by atoms with Gasteiger partial charge in [0.2, 0.25) is 5.91 Å². The molecule has 0 bridgehead atoms. The number of amides is 1. The Balaban J connectivity index is 3.33. The summed E-state index contributed by atoms with van der Waals surface area (Å²) in [7, 11) is 0. The molecule has 0 rings (SSSR count). The van der Waals surface area contributed by atoms with Gasteiger partial charge in [-0.15, -0.1) is 0 Å². The molecule has 2 atom stereocenters. The summed E-state index contributed by atoms with van der Waals surface area (Å²) in [5, 5.41) is 23.3. The molecule has 450 valence electrons. The van der Waals surface area contributed by atoms with E-state index >= 15 is 0 Å². The molecule has 0 aromatic rings. The van der Waals surface area contributed by atoms with Gasteiger partial charge in [-0.1, -0.05) is 340 Å². The third-order valence-electron chi connectivity index (χ3n) is 16.3. The van der Waals surface area contributed by atoms with E-state index in [0.717, 1.165) is 51.4 Å². The lowest BCUT2D eigenvalue weighted by molar-refractivity contribution is -0.143. The molecule has 0 fully saturated rings. The van der Waals surface area contributed by atoms with Crippen molar-refractivity contribution < 1.29 is 24.5 Å². The Bertz CT molecular complexity index is 1190. The van der Waals surface area contributed by atoms with Crippen molar-refractivity contribution in [3.05, 3.63) is 24.3 Å². The molecule has 76 heavy (non-hydrogen) atoms. The molecule has 0 radical (unpaired) electrons. The van der Waals surface area contributed by atoms with Crippen LogP contribution in [-0.2, 0) is 14.3 Å². The highest BCUT2D eigenvalue weighted by atomic mass is 16.5. The quantitative estimate of drug-likeness (QED) is 0.0320. The summed E-state index contributed by atoms with van der Waals surface area (Å²) < 4.78 is 5.49. The number of rotatable bonds is 65. The fraction of sp³-hybridized carbons (Fsp3) is 0.914. The lowest BCUT2D eigenvalue weighted by Gasteiger charge is -2.22. The van der Waals surface area contributed by atoms with Crippen molar-refractivity contribution in [3.8, 4) is 0 Å². The summed E-state index contributed by atoms with van der Waals surface area (Å²) in [6.07, 6.45) is 82.2. The Labute approximate surface area is 475 Å². The predicted octanol–water partition coefficient (Wildman–Crippen LogP) is 22.1. The maximum Gasteiger partial charge on any atom is 0.305 e. The minimum atomic E-state index is -0.661. The number of nitrogens with one attached hydrogen (secondary N) is 1. The summed E-state index contributed by atoms with van der Waals surface area (Å²) in [6.45, 7) is 4.95. The minimum Gasteiger partial charge on any atom is -0.466 e. The van der Waals surface area contributed by atoms with Gasteiger partial charge < -0.3 is 20.3 Å². The van der Waals surface area contributed by atoms with Gasteiger partial charge in [-0.05, 0) is 57.8 Å². The zero-order valence-corrected chi connectivity index (χ0v) is 51.5. The molecule has 0 heterocycles. The highest BCUT2D eigenvalue weighted by Crippen LogP contribution is 2.19. The van der Waals surface area contributed by atoms with Gasteiger partial charge in [0.05, 0.1) is 25.4 Å². The molecule has 0 aliphatic rings. The van der Waals surface area contributed by atoms with E-state index in [-0.39, 0.29) is 18.5 Å². The first-order chi connectivity index (χ1) is 37.5. The number of ether oxygens (including phenoxy) is 1. The summed E-state index contributed by atoms with van der Waals surface area (Å²) in [6, 6.07) is -0.538. The van der Waals surface area contributed by atoms with E-state index < -0.39 is 12.1 Å². The van der Waals surface area contributed by atoms with Crippen LogP contribution in [0.2, 0.25) is 0 Å². The summed E-state index contributed by atoms with van der Waals surface area (Å²) in [5.74, 6) is -0.0227. The van der Waals surface area contributed by atoms with Gasteiger partial charge in [0.1, 0.15) is 0 Å². The number of aliphatic hydroxyl groups excluding tert-OH is 2. The SMILES string of the molecule is CCCCC/C=C\C/C=C\CCCCCCCC(=O)OCCCCCCCCCCCCCCCCCCCCCCCCCCCCCCCC(=O)NC(CO)C(O)CCCCCCCCCCCCCCCCC. The molecule has 6 heteroatoms. The normalized spacial score (nSPS) is 12.6. The van der Waals surface area contributed by atoms with Crippen LogP contribution < -0.4 is 5.32 Å². The third kappa shape index (κ3) is 61.6. The zero-order chi connectivity index (χ0) is 55.0. The molecule has 3 N–H and O–H groups in total. The maximum atomic E-state index is 12.5. The standard InChI is InChI=1S/C70H135NO5/c1-3-5-7-9-11-13-15-17-34-38-42-46-50-54-58-62-68(73)67(66-72)71-69(74)63-59-55-51-47-43-39-36-32-30-28-26-24-22-20-19-21-23-25-27-29-31-33-37-41-45-49-53-57-61-65-76-70(75)64-60-56-52-48-44-40-35-18-16-14-12-10-8-6-4-2/h12,14,18,35,67-68,72-73H,3-11,13,15-17,19-34,36-66H2,1-2H3,(H,71,74)/b14-12-,35-18-. The molecule has 2 unspecified atom stereocenters. The van der Waals surface area contributed by atoms with Gasteiger partial charge in [-0.25, -0.2) is 0 Å². The topological polar surface area (TPSA) is 95.9 Å². The molecular weight excluding hydrogens is 935 g/mol. The van der Waals surface area contributed by atoms with Crippen molar-refractivity contribution in [1.82, 2.24) is 5.32 Å². The first-order valence-electron chi connectivity index (χ1n) is 34.6. The monoisotopic (exact) mass is 1070 g/mol. The van der Waals surface area contributed by atoms with Crippen LogP contribution >= 0.6 is 0 Å². The minimum absolute atomic E-state index is 0.00598. The highest BCUT2D eigenvalue weighted by Gasteiger charge is 2.20. The second-order valence-electron chi connectivity index (χ2n) is 23.9. The molecule has 1 amide bonds. The van der Waals surface area contributed by atoms with Crippen LogP contribution in [0.1, 0.15) is 386 Å². The van der Waals surface area contributed by atoms with Crippen molar-refractivity contribution in [2.75, 3.05) is 13.2 Å². The molecule has 0 aliphatic carbocycles. The van der Waals surface area contributed by atoms with E-state index in [1.54, 1.807) is 0 Å². The fourth-order valence-corrected chi connectivity index (χ4v) is 11.0. The number of hydrogen-bond acceptors (Lipinski definition) is 5. The van der Waals surface area contributed by atoms with E-state index in [2.05, 4.69) is 43.5 Å². The zero-order valence-electron chi connectivity index (χ0n) is 51.5. The van der Waals surface area contributed by atoms with E-state index in [1.807, 2.05) is 0 Å². The van der Waals surface area contributed by atoms with Crippen molar-refractivity contribution in [2.24, 2.45) is 0 Å². The first kappa shape index (κ1) is 74.3. The summed E-state index contributed by atoms with van der Waals surface area (Å²) >= 11 is 0. The smallest absolute Gasteiger partial charge is 0.305 e. The molecule has 0 saturated carbocycles. The van der Waals surface area contributed by atoms with E-state index in [4.69, 9.17) is 4.74 Å². The van der Waals surface area contributed by atoms with Crippen LogP contribution in [0.3, 0.4) is 0 Å². The van der Waals surface area contributed by atoms with E-state index in [0.29, 0.717) is 25.9 Å². The molecule has 0 spiro atoms. The lowest BCUT2D eigenvalue weighted by Crippen LogP contribution is -2.45. The Morgan fingerprint density at radius 1 is 0.368 bits per heavy atom. The second-order valence-corrected chi connectivity index (χ2v) is 23.9. The average Bonchev–Trinajstić information content (AvgIpc) is 3.42. The van der Waals surface area contributed by atoms with Gasteiger partial charge in [0, 0.05) is 12.8 Å². The van der Waals surface area contributed by atoms with Gasteiger partial charge in [0.25, 0.3) is 0 Å². The van der Waals surface area contributed by atoms with E-state index in [9.17, 15) is 19.8 Å². The fourth-order valence-electron chi connectivity index (χ4n) is 11.0. The first-order valence-corrected chi connectivity index (χ1v) is 34.6. The molecule has 6 nitrogen and oxygen atoms in total. The highest BCUT2D eigenvalue weighted by molar-refractivity contribution is 5.76. The Morgan fingerprint density at radius 2 is 0.658 bits per heavy atom. The average molecular weight is 1070 g/mol. The number of allylic oxidation sites excluding steroid dienone is 4. The van der Waals surface area contributed by atoms with Gasteiger partial charge in [-0.3, -0.25) is 9.59 Å². The number of aliphatic hydroxyl groups is 2. The van der Waals surface area contributed by atoms with Crippen LogP contribution in [0, 0.1) is 0 Å². The number of carbonyl (C=O) groups excluding carboxylic acids is 2. The van der Waals surface area contributed by atoms with Crippen molar-refractivity contribution in [2.45, 2.75) is 398 Å². The second kappa shape index (κ2) is 65.9. The molecule has 0 saturated heterocycles. The van der Waals surface area contributed by atoms with Crippen molar-refractivity contribution >= 4 is 11.9 Å². The van der Waals surface area contributed by atoms with Crippen LogP contribution in [0.25, 0.3) is 0 Å². The summed E-state index contributed by atoms with van der Waals surface area (Å²) in [5.41, 5.74) is 0. The number of unbranched alkanes of at least 4 members (excludes halogenated alkanes) is 50. The third-order valence-corrected chi connectivity index (χ3v) is 16.3. The predicted molar refractivity (Wildman–Crippen MR) is 333 cm³/mol. The van der Waals surface area contributed by atoms with Crippen molar-refractivity contribution in [1.29, 1.82) is 0 Å². The van der Waals surface area contributed by atoms with Crippen LogP contribution in [-0.4, -0.2) is 47.4 Å². The van der Waals surface area contributed by atoms with Crippen molar-refractivity contribution in [3.63, 3.8) is 0 Å². The lowest BCUT2D eigenvalue weighted by atomic mass is 10.0. The van der Waals surface area contributed by atoms with Gasteiger partial charge >= 0.3 is 5.97 Å². The Morgan fingerprint density at radius 3 is 1.03 bits per heavy atom. The van der Waals surface area contributed by atoms with Gasteiger partial charge in [0.15, 0.2) is 0 Å². The largest absolute Gasteiger partial charge is 0.466 e. The van der Waals surface area contributed by atoms with Crippen LogP contribution in [0.5, 0.6) is 0 Å². The Hall–Kier alpha value is -1.66. The number of esters is 1. The summed E-state index contributed by atoms with van der Waals surface area (Å²) in [4.78, 5) is 24.6. The molecule has 0 aliphatic heterocycles.